The maximum absolute atomic E-state index is 10.2. The second kappa shape index (κ2) is 132. The number of unbranched alkanes of at least 4 members (excludes halogenated alkanes) is 84. The average molecular weight is 1800 g/mol. The van der Waals surface area contributed by atoms with Crippen molar-refractivity contribution in [2.75, 3.05) is 0 Å². The Bertz CT molecular complexity index is 1570. The molecule has 0 aromatic heterocycles. The average Bonchev–Trinajstić information content (AvgIpc) is 1.20. The van der Waals surface area contributed by atoms with Crippen molar-refractivity contribution in [1.29, 1.82) is 0 Å². The van der Waals surface area contributed by atoms with Gasteiger partial charge in [-0.05, 0) is 77.0 Å². The summed E-state index contributed by atoms with van der Waals surface area (Å²) >= 11 is 0. The van der Waals surface area contributed by atoms with Crippen molar-refractivity contribution in [1.82, 2.24) is 0 Å². The molecule has 0 amide bonds. The van der Waals surface area contributed by atoms with E-state index in [1.807, 2.05) is 0 Å². The van der Waals surface area contributed by atoms with Crippen LogP contribution >= 0.6 is 0 Å². The van der Waals surface area contributed by atoms with Crippen LogP contribution in [-0.2, 0) is 63.5 Å². The number of rotatable bonds is 96. The maximum Gasteiger partial charge on any atom is 3.00 e. The number of carboxylic acids is 6. The van der Waals surface area contributed by atoms with E-state index in [0.29, 0.717) is 0 Å². The molecular weight excluding hydrogens is 1590 g/mol. The number of carbonyl (C=O) groups is 6. The van der Waals surface area contributed by atoms with Crippen molar-refractivity contribution in [2.24, 2.45) is 0 Å². The van der Waals surface area contributed by atoms with Crippen LogP contribution in [0.15, 0.2) is 0 Å². The SMILES string of the molecule is CCCCCCCCCCCCCCCCCC(=O)[O-].CCCCCCCCCCCCCCCCCC(=O)[O-].CCCCCCCCCCCCCCCCCC(=O)[O-].CCCCCCCCCCCCCCCCCC(=O)[O-].CCCCCCCCCCCCCCCCCC(=O)[O-].CCCCCCCCCCCCCCCCCC(=O)[O-].[Cr+3].[Cr+3]. The standard InChI is InChI=1S/6C18H36O2.2Cr/c6*1-2-3-4-5-6-7-8-9-10-11-12-13-14-15-16-17-18(19)20;;/h6*2-17H2,1H3,(H,19,20);;/q;;;;;;2*+3/p-6. The van der Waals surface area contributed by atoms with E-state index in [1.54, 1.807) is 0 Å². The van der Waals surface area contributed by atoms with E-state index in [1.165, 1.54) is 501 Å². The summed E-state index contributed by atoms with van der Waals surface area (Å²) in [6.45, 7) is 13.6. The van der Waals surface area contributed by atoms with E-state index < -0.39 is 35.8 Å². The molecule has 0 aromatic rings. The van der Waals surface area contributed by atoms with E-state index in [9.17, 15) is 59.4 Å². The molecule has 0 spiro atoms. The fraction of sp³-hybridized carbons (Fsp3) is 0.944. The molecule has 0 fully saturated rings. The topological polar surface area (TPSA) is 241 Å². The third kappa shape index (κ3) is 161. The summed E-state index contributed by atoms with van der Waals surface area (Å²) in [4.78, 5) is 61.3. The summed E-state index contributed by atoms with van der Waals surface area (Å²) in [5.74, 6) is -5.42. The molecule has 122 heavy (non-hydrogen) atoms. The van der Waals surface area contributed by atoms with E-state index >= 15 is 0 Å². The van der Waals surface area contributed by atoms with E-state index in [4.69, 9.17) is 0 Å². The fourth-order valence-electron chi connectivity index (χ4n) is 15.8. The predicted octanol–water partition coefficient (Wildman–Crippen LogP) is 30.0. The van der Waals surface area contributed by atoms with Crippen molar-refractivity contribution in [3.05, 3.63) is 0 Å². The van der Waals surface area contributed by atoms with Gasteiger partial charge in [0.25, 0.3) is 0 Å². The molecule has 0 unspecified atom stereocenters. The van der Waals surface area contributed by atoms with Gasteiger partial charge in [0.15, 0.2) is 0 Å². The van der Waals surface area contributed by atoms with Crippen molar-refractivity contribution >= 4 is 35.8 Å². The van der Waals surface area contributed by atoms with Crippen molar-refractivity contribution in [3.63, 3.8) is 0 Å². The Kier molecular flexibility index (Phi) is 146. The van der Waals surface area contributed by atoms with E-state index in [2.05, 4.69) is 41.5 Å². The molecule has 726 valence electrons. The molecule has 0 saturated heterocycles. The van der Waals surface area contributed by atoms with Crippen LogP contribution in [0.5, 0.6) is 0 Å². The van der Waals surface area contributed by atoms with Gasteiger partial charge in [-0.25, -0.2) is 0 Å². The Morgan fingerprint density at radius 2 is 0.156 bits per heavy atom. The second-order valence-corrected chi connectivity index (χ2v) is 36.4. The molecule has 0 saturated carbocycles. The first-order valence-corrected chi connectivity index (χ1v) is 53.8. The smallest absolute Gasteiger partial charge is 0.550 e. The zero-order chi connectivity index (χ0) is 89.3. The normalized spacial score (nSPS) is 10.7. The molecule has 0 aliphatic carbocycles. The van der Waals surface area contributed by atoms with Crippen LogP contribution < -0.4 is 30.6 Å². The summed E-state index contributed by atoms with van der Waals surface area (Å²) in [5.41, 5.74) is 0. The molecule has 0 rings (SSSR count). The van der Waals surface area contributed by atoms with Crippen LogP contribution in [0.4, 0.5) is 0 Å². The largest absolute Gasteiger partial charge is 3.00 e. The van der Waals surface area contributed by atoms with Gasteiger partial charge in [0, 0.05) is 35.8 Å². The Hall–Kier alpha value is -2.12. The van der Waals surface area contributed by atoms with E-state index in [0.717, 1.165) is 77.0 Å². The predicted molar refractivity (Wildman–Crippen MR) is 507 cm³/mol. The molecule has 12 nitrogen and oxygen atoms in total. The zero-order valence-corrected chi connectivity index (χ0v) is 85.1. The molecule has 0 N–H and O–H groups in total. The molecule has 0 atom stereocenters. The monoisotopic (exact) mass is 1800 g/mol. The Labute approximate surface area is 782 Å². The summed E-state index contributed by atoms with van der Waals surface area (Å²) in [7, 11) is 0. The molecule has 0 heterocycles. The van der Waals surface area contributed by atoms with Gasteiger partial charge in [0.2, 0.25) is 0 Å². The number of carboxylic acid groups (broad SMARTS) is 6. The first kappa shape index (κ1) is 135. The number of carbonyl (C=O) groups excluding carboxylic acids is 6. The minimum atomic E-state index is -0.903. The van der Waals surface area contributed by atoms with Gasteiger partial charge >= 0.3 is 34.7 Å². The molecule has 0 aliphatic rings. The van der Waals surface area contributed by atoms with Gasteiger partial charge in [-0.15, -0.1) is 0 Å². The molecule has 2 radical (unpaired) electrons. The zero-order valence-electron chi connectivity index (χ0n) is 82.6. The first-order chi connectivity index (χ1) is 58.6. The van der Waals surface area contributed by atoms with Crippen LogP contribution in [0, 0.1) is 0 Å². The van der Waals surface area contributed by atoms with E-state index in [-0.39, 0.29) is 73.2 Å². The van der Waals surface area contributed by atoms with Gasteiger partial charge in [-0.2, -0.15) is 0 Å². The number of hydrogen-bond acceptors (Lipinski definition) is 12. The maximum atomic E-state index is 10.2. The number of hydrogen-bond donors (Lipinski definition) is 0. The van der Waals surface area contributed by atoms with Gasteiger partial charge in [0.05, 0.1) is 0 Å². The minimum Gasteiger partial charge on any atom is -0.550 e. The van der Waals surface area contributed by atoms with Crippen LogP contribution in [-0.4, -0.2) is 35.8 Å². The fourth-order valence-corrected chi connectivity index (χ4v) is 15.8. The Balaban J connectivity index is -0.000000212. The first-order valence-electron chi connectivity index (χ1n) is 53.8. The van der Waals surface area contributed by atoms with Crippen LogP contribution in [0.2, 0.25) is 0 Å². The van der Waals surface area contributed by atoms with Crippen molar-refractivity contribution in [2.45, 2.75) is 658 Å². The molecule has 0 aromatic carbocycles. The summed E-state index contributed by atoms with van der Waals surface area (Å²) in [6.07, 6.45) is 119. The summed E-state index contributed by atoms with van der Waals surface area (Å²) < 4.78 is 0. The molecule has 0 aliphatic heterocycles. The van der Waals surface area contributed by atoms with Gasteiger partial charge in [0.1, 0.15) is 0 Å². The van der Waals surface area contributed by atoms with Crippen LogP contribution in [0.25, 0.3) is 0 Å². The Morgan fingerprint density at radius 1 is 0.107 bits per heavy atom. The molecule has 14 heteroatoms. The second-order valence-electron chi connectivity index (χ2n) is 36.4. The van der Waals surface area contributed by atoms with Crippen LogP contribution in [0.1, 0.15) is 658 Å². The molecule has 0 bridgehead atoms. The number of aliphatic carboxylic acids is 6. The van der Waals surface area contributed by atoms with Crippen LogP contribution in [0.3, 0.4) is 0 Å². The van der Waals surface area contributed by atoms with Crippen molar-refractivity contribution < 1.29 is 94.1 Å². The van der Waals surface area contributed by atoms with Gasteiger partial charge in [-0.3, -0.25) is 0 Å². The van der Waals surface area contributed by atoms with Gasteiger partial charge < -0.3 is 59.4 Å². The third-order valence-corrected chi connectivity index (χ3v) is 23.9. The van der Waals surface area contributed by atoms with Gasteiger partial charge in [-0.1, -0.05) is 581 Å². The molecular formula is C108H210Cr2O12. The third-order valence-electron chi connectivity index (χ3n) is 23.9. The quantitative estimate of drug-likeness (QED) is 0.0517. The minimum absolute atomic E-state index is 0. The van der Waals surface area contributed by atoms with Crippen molar-refractivity contribution in [3.8, 4) is 0 Å². The Morgan fingerprint density at radius 3 is 0.205 bits per heavy atom. The summed E-state index contributed by atoms with van der Waals surface area (Å²) in [6, 6.07) is 0. The summed E-state index contributed by atoms with van der Waals surface area (Å²) in [5, 5.41) is 61.3.